The Morgan fingerprint density at radius 2 is 1.81 bits per heavy atom. The molecule has 2 aromatic rings. The summed E-state index contributed by atoms with van der Waals surface area (Å²) in [6.45, 7) is 3.82. The minimum atomic E-state index is -0.195. The highest BCUT2D eigenvalue weighted by molar-refractivity contribution is 5.95. The predicted molar refractivity (Wildman–Crippen MR) is 104 cm³/mol. The molecule has 1 heterocycles. The van der Waals surface area contributed by atoms with Crippen LogP contribution in [0.2, 0.25) is 0 Å². The van der Waals surface area contributed by atoms with E-state index in [1.165, 1.54) is 5.56 Å². The van der Waals surface area contributed by atoms with Crippen molar-refractivity contribution in [3.63, 3.8) is 0 Å². The number of amides is 1. The number of anilines is 1. The van der Waals surface area contributed by atoms with Crippen molar-refractivity contribution in [2.75, 3.05) is 18.4 Å². The van der Waals surface area contributed by atoms with E-state index in [9.17, 15) is 4.79 Å². The maximum absolute atomic E-state index is 12.6. The number of hydrogen-bond acceptors (Lipinski definition) is 3. The average Bonchev–Trinajstić information content (AvgIpc) is 2.69. The summed E-state index contributed by atoms with van der Waals surface area (Å²) in [7, 11) is 0. The molecular weight excluding hydrogens is 322 g/mol. The lowest BCUT2D eigenvalue weighted by molar-refractivity contribution is -0.121. The summed E-state index contributed by atoms with van der Waals surface area (Å²) < 4.78 is 0. The number of nitrogens with one attached hydrogen (secondary N) is 1. The van der Waals surface area contributed by atoms with E-state index in [1.807, 2.05) is 13.0 Å². The van der Waals surface area contributed by atoms with Gasteiger partial charge in [0.25, 0.3) is 0 Å². The molecule has 1 amide bonds. The van der Waals surface area contributed by atoms with Crippen LogP contribution in [0, 0.1) is 17.2 Å². The van der Waals surface area contributed by atoms with E-state index in [4.69, 9.17) is 5.26 Å². The standard InChI is InChI=1S/C22H25N3O/c1-17(22(26)24-21-10-6-5-9-20(21)16-23)25-13-11-19(12-14-25)15-18-7-3-2-4-8-18/h2-10,17,19H,11-15H2,1H3,(H,24,26)/t17-/m1/s1. The van der Waals surface area contributed by atoms with Gasteiger partial charge in [0.15, 0.2) is 0 Å². The monoisotopic (exact) mass is 347 g/mol. The van der Waals surface area contributed by atoms with Gasteiger partial charge in [0.05, 0.1) is 17.3 Å². The molecule has 1 aliphatic rings. The van der Waals surface area contributed by atoms with E-state index in [-0.39, 0.29) is 11.9 Å². The maximum Gasteiger partial charge on any atom is 0.241 e. The van der Waals surface area contributed by atoms with Gasteiger partial charge in [-0.05, 0) is 62.9 Å². The second kappa shape index (κ2) is 8.64. The first kappa shape index (κ1) is 18.2. The van der Waals surface area contributed by atoms with Gasteiger partial charge in [-0.15, -0.1) is 0 Å². The SMILES string of the molecule is C[C@H](C(=O)Nc1ccccc1C#N)N1CCC(Cc2ccccc2)CC1. The van der Waals surface area contributed by atoms with E-state index in [2.05, 4.69) is 46.6 Å². The summed E-state index contributed by atoms with van der Waals surface area (Å²) in [5, 5.41) is 12.1. The molecule has 3 rings (SSSR count). The number of para-hydroxylation sites is 1. The fraction of sp³-hybridized carbons (Fsp3) is 0.364. The molecule has 1 N–H and O–H groups in total. The average molecular weight is 347 g/mol. The van der Waals surface area contributed by atoms with E-state index in [1.54, 1.807) is 18.2 Å². The molecule has 2 aromatic carbocycles. The molecule has 0 aliphatic carbocycles. The highest BCUT2D eigenvalue weighted by atomic mass is 16.2. The van der Waals surface area contributed by atoms with Gasteiger partial charge in [-0.2, -0.15) is 5.26 Å². The van der Waals surface area contributed by atoms with Gasteiger partial charge in [0, 0.05) is 0 Å². The summed E-state index contributed by atoms with van der Waals surface area (Å²) in [5.41, 5.74) is 2.48. The second-order valence-electron chi connectivity index (χ2n) is 6.99. The number of nitrogens with zero attached hydrogens (tertiary/aromatic N) is 2. The van der Waals surface area contributed by atoms with Crippen molar-refractivity contribution in [3.05, 3.63) is 65.7 Å². The lowest BCUT2D eigenvalue weighted by Gasteiger charge is -2.35. The fourth-order valence-electron chi connectivity index (χ4n) is 3.58. The van der Waals surface area contributed by atoms with Crippen LogP contribution in [-0.2, 0) is 11.2 Å². The lowest BCUT2D eigenvalue weighted by Crippen LogP contribution is -2.46. The Balaban J connectivity index is 1.52. The maximum atomic E-state index is 12.6. The quantitative estimate of drug-likeness (QED) is 0.894. The molecule has 0 aromatic heterocycles. The Kier molecular flexibility index (Phi) is 6.04. The number of nitriles is 1. The number of likely N-dealkylation sites (tertiary alicyclic amines) is 1. The first-order valence-corrected chi connectivity index (χ1v) is 9.25. The van der Waals surface area contributed by atoms with Crippen molar-refractivity contribution < 1.29 is 4.79 Å². The summed E-state index contributed by atoms with van der Waals surface area (Å²) >= 11 is 0. The van der Waals surface area contributed by atoms with Crippen molar-refractivity contribution in [3.8, 4) is 6.07 Å². The first-order chi connectivity index (χ1) is 12.7. The number of piperidine rings is 1. The molecular formula is C22H25N3O. The summed E-state index contributed by atoms with van der Waals surface area (Å²) in [4.78, 5) is 14.8. The first-order valence-electron chi connectivity index (χ1n) is 9.25. The van der Waals surface area contributed by atoms with Crippen LogP contribution in [0.5, 0.6) is 0 Å². The summed E-state index contributed by atoms with van der Waals surface area (Å²) in [6.07, 6.45) is 3.34. The molecule has 0 spiro atoms. The van der Waals surface area contributed by atoms with Crippen molar-refractivity contribution >= 4 is 11.6 Å². The lowest BCUT2D eigenvalue weighted by atomic mass is 9.89. The van der Waals surface area contributed by atoms with Crippen LogP contribution in [0.3, 0.4) is 0 Å². The van der Waals surface area contributed by atoms with Gasteiger partial charge < -0.3 is 5.32 Å². The zero-order chi connectivity index (χ0) is 18.4. The smallest absolute Gasteiger partial charge is 0.241 e. The van der Waals surface area contributed by atoms with E-state index in [0.717, 1.165) is 32.4 Å². The summed E-state index contributed by atoms with van der Waals surface area (Å²) in [5.74, 6) is 0.637. The molecule has 134 valence electrons. The van der Waals surface area contributed by atoms with Crippen LogP contribution in [0.1, 0.15) is 30.9 Å². The molecule has 26 heavy (non-hydrogen) atoms. The molecule has 4 nitrogen and oxygen atoms in total. The van der Waals surface area contributed by atoms with Gasteiger partial charge >= 0.3 is 0 Å². The number of carbonyl (C=O) groups is 1. The zero-order valence-electron chi connectivity index (χ0n) is 15.2. The molecule has 0 bridgehead atoms. The normalized spacial score (nSPS) is 16.6. The van der Waals surface area contributed by atoms with Crippen molar-refractivity contribution in [2.45, 2.75) is 32.2 Å². The number of carbonyl (C=O) groups excluding carboxylic acids is 1. The van der Waals surface area contributed by atoms with Crippen LogP contribution in [0.25, 0.3) is 0 Å². The second-order valence-corrected chi connectivity index (χ2v) is 6.99. The largest absolute Gasteiger partial charge is 0.324 e. The Labute approximate surface area is 155 Å². The predicted octanol–water partition coefficient (Wildman–Crippen LogP) is 3.84. The van der Waals surface area contributed by atoms with Crippen LogP contribution >= 0.6 is 0 Å². The minimum absolute atomic E-state index is 0.0470. The van der Waals surface area contributed by atoms with Crippen LogP contribution in [0.15, 0.2) is 54.6 Å². The Morgan fingerprint density at radius 3 is 2.50 bits per heavy atom. The fourth-order valence-corrected chi connectivity index (χ4v) is 3.58. The van der Waals surface area contributed by atoms with Crippen molar-refractivity contribution in [2.24, 2.45) is 5.92 Å². The van der Waals surface area contributed by atoms with Crippen molar-refractivity contribution in [1.29, 1.82) is 5.26 Å². The van der Waals surface area contributed by atoms with E-state index in [0.29, 0.717) is 17.2 Å². The topological polar surface area (TPSA) is 56.1 Å². The highest BCUT2D eigenvalue weighted by Crippen LogP contribution is 2.23. The number of benzene rings is 2. The third-order valence-corrected chi connectivity index (χ3v) is 5.25. The van der Waals surface area contributed by atoms with Crippen LogP contribution < -0.4 is 5.32 Å². The van der Waals surface area contributed by atoms with Crippen LogP contribution in [-0.4, -0.2) is 29.9 Å². The highest BCUT2D eigenvalue weighted by Gasteiger charge is 2.27. The molecule has 1 atom stereocenters. The molecule has 1 aliphatic heterocycles. The third-order valence-electron chi connectivity index (χ3n) is 5.25. The number of rotatable bonds is 5. The van der Waals surface area contributed by atoms with Gasteiger partial charge in [-0.25, -0.2) is 0 Å². The molecule has 0 saturated carbocycles. The van der Waals surface area contributed by atoms with Gasteiger partial charge in [0.2, 0.25) is 5.91 Å². The number of hydrogen-bond donors (Lipinski definition) is 1. The van der Waals surface area contributed by atoms with Gasteiger partial charge in [-0.1, -0.05) is 42.5 Å². The molecule has 0 unspecified atom stereocenters. The van der Waals surface area contributed by atoms with Gasteiger partial charge in [0.1, 0.15) is 6.07 Å². The van der Waals surface area contributed by atoms with Gasteiger partial charge in [-0.3, -0.25) is 9.69 Å². The molecule has 1 saturated heterocycles. The molecule has 4 heteroatoms. The minimum Gasteiger partial charge on any atom is -0.324 e. The Hall–Kier alpha value is -2.64. The third kappa shape index (κ3) is 4.50. The molecule has 0 radical (unpaired) electrons. The van der Waals surface area contributed by atoms with Crippen LogP contribution in [0.4, 0.5) is 5.69 Å². The van der Waals surface area contributed by atoms with Crippen molar-refractivity contribution in [1.82, 2.24) is 4.90 Å². The zero-order valence-corrected chi connectivity index (χ0v) is 15.2. The molecule has 1 fully saturated rings. The summed E-state index contributed by atoms with van der Waals surface area (Å²) in [6, 6.07) is 19.7. The Morgan fingerprint density at radius 1 is 1.15 bits per heavy atom. The van der Waals surface area contributed by atoms with E-state index < -0.39 is 0 Å². The Bertz CT molecular complexity index is 773. The van der Waals surface area contributed by atoms with E-state index >= 15 is 0 Å².